The smallest absolute Gasteiger partial charge is 0.237 e. The minimum absolute atomic E-state index is 0.0628. The molecule has 0 aliphatic heterocycles. The molecule has 1 unspecified atom stereocenters. The molecule has 3 aromatic rings. The zero-order chi connectivity index (χ0) is 18.7. The summed E-state index contributed by atoms with van der Waals surface area (Å²) in [6.07, 6.45) is 1.61. The Kier molecular flexibility index (Phi) is 5.46. The number of thioether (sulfide) groups is 1. The normalized spacial score (nSPS) is 12.2. The molecule has 0 fully saturated rings. The Labute approximate surface area is 157 Å². The van der Waals surface area contributed by atoms with Crippen molar-refractivity contribution in [2.45, 2.75) is 44.6 Å². The average Bonchev–Trinajstić information content (AvgIpc) is 3.26. The van der Waals surface area contributed by atoms with Crippen LogP contribution in [0.4, 0.5) is 5.69 Å². The van der Waals surface area contributed by atoms with Gasteiger partial charge < -0.3 is 9.73 Å². The Morgan fingerprint density at radius 3 is 2.77 bits per heavy atom. The Bertz CT molecular complexity index is 902. The number of aryl methyl sites for hydroxylation is 2. The summed E-state index contributed by atoms with van der Waals surface area (Å²) < 4.78 is 7.37. The third kappa shape index (κ3) is 3.83. The average molecular weight is 370 g/mol. The lowest BCUT2D eigenvalue weighted by atomic mass is 10.1. The van der Waals surface area contributed by atoms with Gasteiger partial charge in [-0.1, -0.05) is 29.5 Å². The summed E-state index contributed by atoms with van der Waals surface area (Å²) in [7, 11) is 0. The van der Waals surface area contributed by atoms with Crippen LogP contribution in [0.15, 0.2) is 46.2 Å². The highest BCUT2D eigenvalue weighted by molar-refractivity contribution is 8.00. The van der Waals surface area contributed by atoms with Crippen LogP contribution in [-0.2, 0) is 11.3 Å². The Morgan fingerprint density at radius 2 is 2.12 bits per heavy atom. The molecule has 26 heavy (non-hydrogen) atoms. The highest BCUT2D eigenvalue weighted by atomic mass is 32.2. The summed E-state index contributed by atoms with van der Waals surface area (Å²) in [4.78, 5) is 12.6. The number of rotatable bonds is 6. The summed E-state index contributed by atoms with van der Waals surface area (Å²) in [5.41, 5.74) is 3.05. The predicted molar refractivity (Wildman–Crippen MR) is 103 cm³/mol. The first-order chi connectivity index (χ1) is 12.5. The Balaban J connectivity index is 1.73. The molecule has 0 aliphatic rings. The van der Waals surface area contributed by atoms with Gasteiger partial charge in [-0.2, -0.15) is 0 Å². The van der Waals surface area contributed by atoms with Crippen molar-refractivity contribution in [2.24, 2.45) is 0 Å². The summed E-state index contributed by atoms with van der Waals surface area (Å²) in [6, 6.07) is 9.64. The van der Waals surface area contributed by atoms with Crippen molar-refractivity contribution < 1.29 is 9.21 Å². The molecule has 0 aliphatic carbocycles. The number of anilines is 1. The summed E-state index contributed by atoms with van der Waals surface area (Å²) >= 11 is 1.38. The fourth-order valence-electron chi connectivity index (χ4n) is 2.65. The molecular weight excluding hydrogens is 348 g/mol. The molecule has 3 rings (SSSR count). The van der Waals surface area contributed by atoms with Crippen LogP contribution in [-0.4, -0.2) is 25.9 Å². The van der Waals surface area contributed by atoms with Crippen LogP contribution in [0.2, 0.25) is 0 Å². The monoisotopic (exact) mass is 370 g/mol. The van der Waals surface area contributed by atoms with E-state index in [1.165, 1.54) is 17.3 Å². The van der Waals surface area contributed by atoms with E-state index in [9.17, 15) is 4.79 Å². The maximum Gasteiger partial charge on any atom is 0.237 e. The van der Waals surface area contributed by atoms with E-state index in [0.717, 1.165) is 11.3 Å². The van der Waals surface area contributed by atoms with Gasteiger partial charge in [0.1, 0.15) is 0 Å². The molecule has 1 N–H and O–H groups in total. The minimum Gasteiger partial charge on any atom is -0.461 e. The molecular formula is C19H22N4O2S. The summed E-state index contributed by atoms with van der Waals surface area (Å²) in [6.45, 7) is 8.59. The lowest BCUT2D eigenvalue weighted by Crippen LogP contribution is -2.23. The predicted octanol–water partition coefficient (Wildman–Crippen LogP) is 4.29. The van der Waals surface area contributed by atoms with E-state index in [1.807, 2.05) is 56.5 Å². The van der Waals surface area contributed by atoms with Gasteiger partial charge in [0, 0.05) is 12.2 Å². The molecule has 2 aromatic heterocycles. The number of hydrogen-bond acceptors (Lipinski definition) is 5. The minimum atomic E-state index is -0.311. The number of furan rings is 1. The Hall–Kier alpha value is -2.54. The first kappa shape index (κ1) is 18.3. The van der Waals surface area contributed by atoms with Crippen LogP contribution >= 0.6 is 11.8 Å². The van der Waals surface area contributed by atoms with Gasteiger partial charge in [0.25, 0.3) is 0 Å². The molecule has 1 amide bonds. The SMILES string of the molecule is CCn1c(SC(C)C(=O)Nc2ccc(C)cc2C)nnc1-c1ccco1. The van der Waals surface area contributed by atoms with Crippen molar-refractivity contribution in [3.05, 3.63) is 47.7 Å². The van der Waals surface area contributed by atoms with Crippen molar-refractivity contribution in [1.82, 2.24) is 14.8 Å². The van der Waals surface area contributed by atoms with Crippen molar-refractivity contribution in [3.63, 3.8) is 0 Å². The van der Waals surface area contributed by atoms with Crippen molar-refractivity contribution in [3.8, 4) is 11.6 Å². The first-order valence-electron chi connectivity index (χ1n) is 8.51. The maximum atomic E-state index is 12.6. The van der Waals surface area contributed by atoms with E-state index in [1.54, 1.807) is 6.26 Å². The van der Waals surface area contributed by atoms with Crippen molar-refractivity contribution in [2.75, 3.05) is 5.32 Å². The van der Waals surface area contributed by atoms with Gasteiger partial charge in [-0.3, -0.25) is 9.36 Å². The number of nitrogens with one attached hydrogen (secondary N) is 1. The van der Waals surface area contributed by atoms with Gasteiger partial charge in [0.15, 0.2) is 16.7 Å². The molecule has 2 heterocycles. The van der Waals surface area contributed by atoms with Crippen molar-refractivity contribution >= 4 is 23.4 Å². The third-order valence-electron chi connectivity index (χ3n) is 4.07. The van der Waals surface area contributed by atoms with Crippen LogP contribution in [0.25, 0.3) is 11.6 Å². The molecule has 1 atom stereocenters. The quantitative estimate of drug-likeness (QED) is 0.655. The standard InChI is InChI=1S/C19H22N4O2S/c1-5-23-17(16-7-6-10-25-16)21-22-19(23)26-14(4)18(24)20-15-9-8-12(2)11-13(15)3/h6-11,14H,5H2,1-4H3,(H,20,24). The van der Waals surface area contributed by atoms with E-state index in [-0.39, 0.29) is 11.2 Å². The molecule has 1 aromatic carbocycles. The fourth-order valence-corrected chi connectivity index (χ4v) is 3.56. The first-order valence-corrected chi connectivity index (χ1v) is 9.39. The van der Waals surface area contributed by atoms with Crippen LogP contribution in [0.5, 0.6) is 0 Å². The molecule has 0 spiro atoms. The van der Waals surface area contributed by atoms with E-state index >= 15 is 0 Å². The lowest BCUT2D eigenvalue weighted by molar-refractivity contribution is -0.115. The fraction of sp³-hybridized carbons (Fsp3) is 0.316. The zero-order valence-corrected chi connectivity index (χ0v) is 16.1. The highest BCUT2D eigenvalue weighted by Crippen LogP contribution is 2.28. The van der Waals surface area contributed by atoms with Crippen LogP contribution in [0.1, 0.15) is 25.0 Å². The lowest BCUT2D eigenvalue weighted by Gasteiger charge is -2.14. The van der Waals surface area contributed by atoms with Gasteiger partial charge in [-0.25, -0.2) is 0 Å². The Morgan fingerprint density at radius 1 is 1.31 bits per heavy atom. The van der Waals surface area contributed by atoms with Gasteiger partial charge in [-0.05, 0) is 51.5 Å². The van der Waals surface area contributed by atoms with Gasteiger partial charge >= 0.3 is 0 Å². The van der Waals surface area contributed by atoms with Crippen LogP contribution in [0, 0.1) is 13.8 Å². The second kappa shape index (κ2) is 7.78. The second-order valence-electron chi connectivity index (χ2n) is 6.10. The van der Waals surface area contributed by atoms with Crippen LogP contribution < -0.4 is 5.32 Å². The van der Waals surface area contributed by atoms with Crippen LogP contribution in [0.3, 0.4) is 0 Å². The molecule has 6 nitrogen and oxygen atoms in total. The molecule has 0 bridgehead atoms. The molecule has 0 saturated heterocycles. The van der Waals surface area contributed by atoms with Gasteiger partial charge in [0.2, 0.25) is 5.91 Å². The molecule has 7 heteroatoms. The van der Waals surface area contributed by atoms with E-state index in [4.69, 9.17) is 4.42 Å². The van der Waals surface area contributed by atoms with E-state index < -0.39 is 0 Å². The van der Waals surface area contributed by atoms with Crippen molar-refractivity contribution in [1.29, 1.82) is 0 Å². The molecule has 0 radical (unpaired) electrons. The number of benzene rings is 1. The largest absolute Gasteiger partial charge is 0.461 e. The highest BCUT2D eigenvalue weighted by Gasteiger charge is 2.21. The number of amides is 1. The molecule has 0 saturated carbocycles. The summed E-state index contributed by atoms with van der Waals surface area (Å²) in [5.74, 6) is 1.27. The van der Waals surface area contributed by atoms with E-state index in [2.05, 4.69) is 21.6 Å². The summed E-state index contributed by atoms with van der Waals surface area (Å²) in [5, 5.41) is 11.8. The topological polar surface area (TPSA) is 73.0 Å². The molecule has 136 valence electrons. The third-order valence-corrected chi connectivity index (χ3v) is 5.15. The maximum absolute atomic E-state index is 12.6. The van der Waals surface area contributed by atoms with E-state index in [0.29, 0.717) is 23.3 Å². The number of hydrogen-bond donors (Lipinski definition) is 1. The van der Waals surface area contributed by atoms with Gasteiger partial charge in [0.05, 0.1) is 11.5 Å². The van der Waals surface area contributed by atoms with Gasteiger partial charge in [-0.15, -0.1) is 10.2 Å². The zero-order valence-electron chi connectivity index (χ0n) is 15.3. The number of aromatic nitrogens is 3. The second-order valence-corrected chi connectivity index (χ2v) is 7.40. The number of carbonyl (C=O) groups excluding carboxylic acids is 1. The number of nitrogens with zero attached hydrogens (tertiary/aromatic N) is 3. The number of carbonyl (C=O) groups is 1.